The van der Waals surface area contributed by atoms with Crippen LogP contribution in [-0.4, -0.2) is 37.1 Å². The summed E-state index contributed by atoms with van der Waals surface area (Å²) in [7, 11) is 0. The monoisotopic (exact) mass is 405 g/mol. The van der Waals surface area contributed by atoms with E-state index in [4.69, 9.17) is 23.0 Å². The van der Waals surface area contributed by atoms with E-state index in [2.05, 4.69) is 20.9 Å². The first kappa shape index (κ1) is 20.5. The maximum atomic E-state index is 12.4. The van der Waals surface area contributed by atoms with Gasteiger partial charge in [-0.3, -0.25) is 4.79 Å². The van der Waals surface area contributed by atoms with Crippen molar-refractivity contribution in [2.45, 2.75) is 25.2 Å². The number of pyridine rings is 1. The third kappa shape index (κ3) is 3.46. The standard InChI is InChI=1S/C21H19N5O4/c1-3-8-21(19(29)30,14-6-4-12(5-7-14)18(27)28)9-13-10-24-17-15(11(13)2)16(22)25-20(23)26-17/h1,4-7,10H,8-9H2,2H3,(H,27,28)(H,29,30)(H4,22,23,24,25,26). The molecule has 9 heteroatoms. The Hall–Kier alpha value is -4.19. The van der Waals surface area contributed by atoms with Gasteiger partial charge in [0.2, 0.25) is 5.95 Å². The van der Waals surface area contributed by atoms with Crippen molar-refractivity contribution in [3.8, 4) is 12.3 Å². The number of hydrogen-bond donors (Lipinski definition) is 4. The van der Waals surface area contributed by atoms with Gasteiger partial charge >= 0.3 is 11.9 Å². The van der Waals surface area contributed by atoms with Gasteiger partial charge in [0.1, 0.15) is 11.2 Å². The number of nitrogens with zero attached hydrogens (tertiary/aromatic N) is 3. The highest BCUT2D eigenvalue weighted by atomic mass is 16.4. The minimum atomic E-state index is -1.49. The summed E-state index contributed by atoms with van der Waals surface area (Å²) in [4.78, 5) is 35.9. The van der Waals surface area contributed by atoms with Gasteiger partial charge < -0.3 is 21.7 Å². The van der Waals surface area contributed by atoms with Crippen LogP contribution in [0.5, 0.6) is 0 Å². The summed E-state index contributed by atoms with van der Waals surface area (Å²) in [5.74, 6) is 0.333. The predicted molar refractivity (Wildman–Crippen MR) is 111 cm³/mol. The number of carboxylic acid groups (broad SMARTS) is 2. The van der Waals surface area contributed by atoms with E-state index in [0.717, 1.165) is 0 Å². The number of anilines is 2. The van der Waals surface area contributed by atoms with Crippen molar-refractivity contribution < 1.29 is 19.8 Å². The molecule has 2 aromatic heterocycles. The van der Waals surface area contributed by atoms with E-state index in [0.29, 0.717) is 27.7 Å². The molecule has 0 aliphatic carbocycles. The molecule has 0 spiro atoms. The fourth-order valence-corrected chi connectivity index (χ4v) is 3.48. The largest absolute Gasteiger partial charge is 0.481 e. The Morgan fingerprint density at radius 2 is 1.83 bits per heavy atom. The molecule has 0 aliphatic rings. The van der Waals surface area contributed by atoms with Crippen molar-refractivity contribution in [1.29, 1.82) is 0 Å². The van der Waals surface area contributed by atoms with Crippen molar-refractivity contribution in [3.63, 3.8) is 0 Å². The molecule has 30 heavy (non-hydrogen) atoms. The Labute approximate surface area is 171 Å². The molecule has 3 aromatic rings. The van der Waals surface area contributed by atoms with E-state index in [9.17, 15) is 14.7 Å². The molecule has 0 radical (unpaired) electrons. The Morgan fingerprint density at radius 1 is 1.17 bits per heavy atom. The molecule has 1 unspecified atom stereocenters. The van der Waals surface area contributed by atoms with Gasteiger partial charge in [-0.25, -0.2) is 9.78 Å². The lowest BCUT2D eigenvalue weighted by molar-refractivity contribution is -0.143. The van der Waals surface area contributed by atoms with Crippen LogP contribution in [0.2, 0.25) is 0 Å². The average molecular weight is 405 g/mol. The second-order valence-corrected chi connectivity index (χ2v) is 6.90. The Morgan fingerprint density at radius 3 is 2.40 bits per heavy atom. The van der Waals surface area contributed by atoms with Crippen molar-refractivity contribution >= 4 is 34.7 Å². The van der Waals surface area contributed by atoms with Crippen LogP contribution < -0.4 is 11.5 Å². The molecule has 1 aromatic carbocycles. The van der Waals surface area contributed by atoms with Crippen LogP contribution in [0, 0.1) is 19.3 Å². The maximum absolute atomic E-state index is 12.4. The first-order valence-corrected chi connectivity index (χ1v) is 8.87. The van der Waals surface area contributed by atoms with Crippen LogP contribution in [0.15, 0.2) is 30.5 Å². The summed E-state index contributed by atoms with van der Waals surface area (Å²) < 4.78 is 0. The minimum Gasteiger partial charge on any atom is -0.481 e. The Balaban J connectivity index is 2.17. The van der Waals surface area contributed by atoms with E-state index in [1.54, 1.807) is 6.92 Å². The summed E-state index contributed by atoms with van der Waals surface area (Å²) >= 11 is 0. The molecule has 0 bridgehead atoms. The molecule has 0 saturated heterocycles. The van der Waals surface area contributed by atoms with Crippen LogP contribution in [0.3, 0.4) is 0 Å². The molecule has 3 rings (SSSR count). The second kappa shape index (κ2) is 7.67. The number of benzene rings is 1. The molecule has 2 heterocycles. The summed E-state index contributed by atoms with van der Waals surface area (Å²) in [5.41, 5.74) is 12.1. The average Bonchev–Trinajstić information content (AvgIpc) is 2.69. The number of hydrogen-bond acceptors (Lipinski definition) is 7. The van der Waals surface area contributed by atoms with Gasteiger partial charge in [-0.05, 0) is 42.2 Å². The maximum Gasteiger partial charge on any atom is 0.335 e. The highest BCUT2D eigenvalue weighted by Gasteiger charge is 2.40. The van der Waals surface area contributed by atoms with Gasteiger partial charge in [0, 0.05) is 12.6 Å². The van der Waals surface area contributed by atoms with E-state index in [-0.39, 0.29) is 30.2 Å². The molecular formula is C21H19N5O4. The lowest BCUT2D eigenvalue weighted by atomic mass is 9.72. The third-order valence-electron chi connectivity index (χ3n) is 5.12. The van der Waals surface area contributed by atoms with Gasteiger partial charge in [0.05, 0.1) is 10.9 Å². The van der Waals surface area contributed by atoms with Crippen LogP contribution >= 0.6 is 0 Å². The van der Waals surface area contributed by atoms with Gasteiger partial charge in [-0.1, -0.05) is 12.1 Å². The lowest BCUT2D eigenvalue weighted by Gasteiger charge is -2.29. The fourth-order valence-electron chi connectivity index (χ4n) is 3.48. The fraction of sp³-hybridized carbons (Fsp3) is 0.190. The van der Waals surface area contributed by atoms with E-state index in [1.165, 1.54) is 30.5 Å². The number of aryl methyl sites for hydroxylation is 1. The Kier molecular flexibility index (Phi) is 5.26. The number of nitrogen functional groups attached to an aromatic ring is 2. The smallest absolute Gasteiger partial charge is 0.335 e. The van der Waals surface area contributed by atoms with Crippen molar-refractivity contribution in [1.82, 2.24) is 15.0 Å². The van der Waals surface area contributed by atoms with Gasteiger partial charge in [-0.2, -0.15) is 9.97 Å². The first-order valence-electron chi connectivity index (χ1n) is 8.87. The number of nitrogens with two attached hydrogens (primary N) is 2. The first-order chi connectivity index (χ1) is 14.2. The van der Waals surface area contributed by atoms with Gasteiger partial charge in [0.25, 0.3) is 0 Å². The number of rotatable bonds is 6. The number of aromatic nitrogens is 3. The number of terminal acetylenes is 1. The van der Waals surface area contributed by atoms with Crippen LogP contribution in [0.1, 0.15) is 33.5 Å². The van der Waals surface area contributed by atoms with Crippen molar-refractivity contribution in [2.24, 2.45) is 0 Å². The number of aromatic carboxylic acids is 1. The summed E-state index contributed by atoms with van der Waals surface area (Å²) in [6, 6.07) is 5.64. The molecule has 0 aliphatic heterocycles. The molecular weight excluding hydrogens is 386 g/mol. The van der Waals surface area contributed by atoms with Crippen LogP contribution in [0.4, 0.5) is 11.8 Å². The summed E-state index contributed by atoms with van der Waals surface area (Å²) in [6.45, 7) is 1.77. The zero-order valence-electron chi connectivity index (χ0n) is 16.1. The third-order valence-corrected chi connectivity index (χ3v) is 5.12. The SMILES string of the molecule is C#CCC(Cc1cnc2nc(N)nc(N)c2c1C)(C(=O)O)c1ccc(C(=O)O)cc1. The molecule has 0 fully saturated rings. The lowest BCUT2D eigenvalue weighted by Crippen LogP contribution is -2.38. The van der Waals surface area contributed by atoms with E-state index in [1.807, 2.05) is 0 Å². The second-order valence-electron chi connectivity index (χ2n) is 6.90. The molecule has 0 amide bonds. The molecule has 6 N–H and O–H groups in total. The minimum absolute atomic E-state index is 0.00890. The predicted octanol–water partition coefficient (Wildman–Crippen LogP) is 1.78. The molecule has 0 saturated carbocycles. The van der Waals surface area contributed by atoms with E-state index >= 15 is 0 Å². The van der Waals surface area contributed by atoms with Crippen LogP contribution in [0.25, 0.3) is 11.0 Å². The summed E-state index contributed by atoms with van der Waals surface area (Å²) in [5, 5.41) is 19.8. The quantitative estimate of drug-likeness (QED) is 0.447. The highest BCUT2D eigenvalue weighted by Crippen LogP contribution is 2.35. The molecule has 1 atom stereocenters. The number of aliphatic carboxylic acids is 1. The van der Waals surface area contributed by atoms with E-state index < -0.39 is 17.4 Å². The number of fused-ring (bicyclic) bond motifs is 1. The molecule has 9 nitrogen and oxygen atoms in total. The van der Waals surface area contributed by atoms with Crippen molar-refractivity contribution in [3.05, 3.63) is 52.7 Å². The topological polar surface area (TPSA) is 165 Å². The number of carbonyl (C=O) groups is 2. The van der Waals surface area contributed by atoms with Crippen LogP contribution in [-0.2, 0) is 16.6 Å². The Bertz CT molecular complexity index is 1200. The summed E-state index contributed by atoms with van der Waals surface area (Å²) in [6.07, 6.45) is 6.93. The van der Waals surface area contributed by atoms with Gasteiger partial charge in [-0.15, -0.1) is 12.3 Å². The number of carboxylic acids is 2. The molecule has 152 valence electrons. The van der Waals surface area contributed by atoms with Crippen molar-refractivity contribution in [2.75, 3.05) is 11.5 Å². The zero-order chi connectivity index (χ0) is 22.1. The normalized spacial score (nSPS) is 12.8. The highest BCUT2D eigenvalue weighted by molar-refractivity contribution is 5.91. The van der Waals surface area contributed by atoms with Gasteiger partial charge in [0.15, 0.2) is 5.65 Å². The zero-order valence-corrected chi connectivity index (χ0v) is 16.1.